The first-order chi connectivity index (χ1) is 7.33. The van der Waals surface area contributed by atoms with Gasteiger partial charge in [-0.1, -0.05) is 11.6 Å². The zero-order valence-corrected chi connectivity index (χ0v) is 9.04. The van der Waals surface area contributed by atoms with Crippen LogP contribution in [0.15, 0.2) is 24.5 Å². The van der Waals surface area contributed by atoms with E-state index in [1.165, 1.54) is 18.5 Å². The monoisotopic (exact) mass is 221 g/mol. The van der Waals surface area contributed by atoms with Crippen LogP contribution in [0.3, 0.4) is 0 Å². The largest absolute Gasteiger partial charge is 0.308 e. The molecule has 3 nitrogen and oxygen atoms in total. The van der Waals surface area contributed by atoms with Gasteiger partial charge in [-0.2, -0.15) is 0 Å². The first-order valence-electron chi connectivity index (χ1n) is 5.18. The van der Waals surface area contributed by atoms with Crippen LogP contribution in [0.1, 0.15) is 18.5 Å². The highest BCUT2D eigenvalue weighted by atomic mass is 35.5. The molecule has 0 radical (unpaired) electrons. The van der Waals surface area contributed by atoms with Crippen LogP contribution in [-0.2, 0) is 6.54 Å². The van der Waals surface area contributed by atoms with Crippen LogP contribution in [0.2, 0.25) is 5.02 Å². The molecule has 0 aromatic carbocycles. The highest BCUT2D eigenvalue weighted by Gasteiger charge is 2.20. The first kappa shape index (κ1) is 9.19. The Morgan fingerprint density at radius 3 is 3.13 bits per heavy atom. The maximum atomic E-state index is 5.95. The third-order valence-corrected chi connectivity index (χ3v) is 2.92. The summed E-state index contributed by atoms with van der Waals surface area (Å²) >= 11 is 5.95. The zero-order chi connectivity index (χ0) is 10.3. The average Bonchev–Trinajstić information content (AvgIpc) is 2.97. The van der Waals surface area contributed by atoms with E-state index in [0.717, 1.165) is 23.3 Å². The minimum absolute atomic E-state index is 0.717. The molecule has 2 heterocycles. The van der Waals surface area contributed by atoms with E-state index in [9.17, 15) is 0 Å². The Bertz CT molecular complexity index is 488. The summed E-state index contributed by atoms with van der Waals surface area (Å²) in [6.45, 7) is 0.867. The molecule has 15 heavy (non-hydrogen) atoms. The quantitative estimate of drug-likeness (QED) is 0.862. The Hall–Kier alpha value is -1.06. The van der Waals surface area contributed by atoms with E-state index < -0.39 is 0 Å². The van der Waals surface area contributed by atoms with Crippen LogP contribution in [0.5, 0.6) is 0 Å². The summed E-state index contributed by atoms with van der Waals surface area (Å²) in [4.78, 5) is 4.32. The van der Waals surface area contributed by atoms with Crippen molar-refractivity contribution in [3.05, 3.63) is 35.2 Å². The molecule has 4 heteroatoms. The Morgan fingerprint density at radius 1 is 1.47 bits per heavy atom. The molecule has 0 atom stereocenters. The van der Waals surface area contributed by atoms with Gasteiger partial charge < -0.3 is 9.72 Å². The van der Waals surface area contributed by atoms with Crippen molar-refractivity contribution in [1.29, 1.82) is 0 Å². The maximum absolute atomic E-state index is 5.95. The summed E-state index contributed by atoms with van der Waals surface area (Å²) in [5.74, 6) is 0. The maximum Gasteiger partial charge on any atom is 0.137 e. The second kappa shape index (κ2) is 3.51. The van der Waals surface area contributed by atoms with Gasteiger partial charge in [0.05, 0.1) is 16.9 Å². The lowest BCUT2D eigenvalue weighted by molar-refractivity contribution is 0.670. The van der Waals surface area contributed by atoms with Gasteiger partial charge in [0.1, 0.15) is 5.65 Å². The molecule has 2 aromatic rings. The number of nitrogens with one attached hydrogen (secondary N) is 1. The van der Waals surface area contributed by atoms with Crippen LogP contribution in [0, 0.1) is 0 Å². The highest BCUT2D eigenvalue weighted by molar-refractivity contribution is 6.30. The van der Waals surface area contributed by atoms with E-state index in [-0.39, 0.29) is 0 Å². The summed E-state index contributed by atoms with van der Waals surface area (Å²) in [7, 11) is 0. The molecular formula is C11H12ClN3. The summed E-state index contributed by atoms with van der Waals surface area (Å²) in [6.07, 6.45) is 6.42. The molecule has 78 valence electrons. The number of fused-ring (bicyclic) bond motifs is 1. The van der Waals surface area contributed by atoms with Crippen LogP contribution < -0.4 is 5.32 Å². The molecule has 1 fully saturated rings. The van der Waals surface area contributed by atoms with E-state index in [1.54, 1.807) is 0 Å². The molecule has 1 saturated carbocycles. The van der Waals surface area contributed by atoms with Gasteiger partial charge in [-0.05, 0) is 25.0 Å². The molecular weight excluding hydrogens is 210 g/mol. The van der Waals surface area contributed by atoms with Gasteiger partial charge in [-0.3, -0.25) is 0 Å². The smallest absolute Gasteiger partial charge is 0.137 e. The Kier molecular flexibility index (Phi) is 2.15. The normalized spacial score (nSPS) is 16.1. The van der Waals surface area contributed by atoms with Crippen LogP contribution in [0.4, 0.5) is 0 Å². The molecule has 3 rings (SSSR count). The fraction of sp³-hybridized carbons (Fsp3) is 0.364. The van der Waals surface area contributed by atoms with Crippen molar-refractivity contribution in [2.45, 2.75) is 25.4 Å². The third-order valence-electron chi connectivity index (χ3n) is 2.70. The minimum Gasteiger partial charge on any atom is -0.308 e. The molecule has 1 N–H and O–H groups in total. The van der Waals surface area contributed by atoms with Crippen LogP contribution >= 0.6 is 11.6 Å². The van der Waals surface area contributed by atoms with Gasteiger partial charge in [0, 0.05) is 18.8 Å². The predicted octanol–water partition coefficient (Wildman–Crippen LogP) is 2.24. The topological polar surface area (TPSA) is 29.3 Å². The molecule has 1 aliphatic rings. The van der Waals surface area contributed by atoms with Gasteiger partial charge >= 0.3 is 0 Å². The van der Waals surface area contributed by atoms with Crippen LogP contribution in [0.25, 0.3) is 5.65 Å². The number of hydrogen-bond donors (Lipinski definition) is 1. The van der Waals surface area contributed by atoms with E-state index in [0.29, 0.717) is 0 Å². The van der Waals surface area contributed by atoms with Gasteiger partial charge in [-0.15, -0.1) is 0 Å². The lowest BCUT2D eigenvalue weighted by atomic mass is 10.4. The second-order valence-corrected chi connectivity index (χ2v) is 4.42. The summed E-state index contributed by atoms with van der Waals surface area (Å²) in [5, 5.41) is 4.21. The highest BCUT2D eigenvalue weighted by Crippen LogP contribution is 2.19. The minimum atomic E-state index is 0.717. The number of imidazole rings is 1. The number of nitrogens with zero attached hydrogens (tertiary/aromatic N) is 2. The molecule has 0 saturated heterocycles. The van der Waals surface area contributed by atoms with Crippen molar-refractivity contribution in [2.24, 2.45) is 0 Å². The van der Waals surface area contributed by atoms with Gasteiger partial charge in [0.15, 0.2) is 0 Å². The van der Waals surface area contributed by atoms with Crippen molar-refractivity contribution < 1.29 is 0 Å². The van der Waals surface area contributed by atoms with Crippen molar-refractivity contribution >= 4 is 17.2 Å². The lowest BCUT2D eigenvalue weighted by Crippen LogP contribution is -2.16. The van der Waals surface area contributed by atoms with E-state index in [1.807, 2.05) is 28.9 Å². The van der Waals surface area contributed by atoms with Gasteiger partial charge in [0.2, 0.25) is 0 Å². The summed E-state index contributed by atoms with van der Waals surface area (Å²) in [6, 6.07) is 4.51. The van der Waals surface area contributed by atoms with Crippen molar-refractivity contribution in [3.63, 3.8) is 0 Å². The van der Waals surface area contributed by atoms with Crippen molar-refractivity contribution in [3.8, 4) is 0 Å². The number of halogens is 1. The lowest BCUT2D eigenvalue weighted by Gasteiger charge is -2.03. The Morgan fingerprint density at radius 2 is 2.33 bits per heavy atom. The summed E-state index contributed by atoms with van der Waals surface area (Å²) < 4.78 is 2.04. The number of hydrogen-bond acceptors (Lipinski definition) is 2. The predicted molar refractivity (Wildman–Crippen MR) is 60.1 cm³/mol. The molecule has 0 spiro atoms. The fourth-order valence-corrected chi connectivity index (χ4v) is 1.83. The molecule has 0 bridgehead atoms. The molecule has 1 aliphatic carbocycles. The number of pyridine rings is 1. The average molecular weight is 222 g/mol. The van der Waals surface area contributed by atoms with E-state index in [2.05, 4.69) is 10.3 Å². The van der Waals surface area contributed by atoms with E-state index >= 15 is 0 Å². The second-order valence-electron chi connectivity index (χ2n) is 3.98. The standard InChI is InChI=1S/C11H12ClN3/c12-8-1-4-11-14-6-10(15(11)7-8)5-13-9-2-3-9/h1,4,6-7,9,13H,2-3,5H2. The molecule has 2 aromatic heterocycles. The first-order valence-corrected chi connectivity index (χ1v) is 5.55. The fourth-order valence-electron chi connectivity index (χ4n) is 1.67. The van der Waals surface area contributed by atoms with Crippen molar-refractivity contribution in [1.82, 2.24) is 14.7 Å². The Labute approximate surface area is 93.1 Å². The van der Waals surface area contributed by atoms with E-state index in [4.69, 9.17) is 11.6 Å². The van der Waals surface area contributed by atoms with Gasteiger partial charge in [0.25, 0.3) is 0 Å². The molecule has 0 amide bonds. The van der Waals surface area contributed by atoms with Crippen molar-refractivity contribution in [2.75, 3.05) is 0 Å². The number of rotatable bonds is 3. The summed E-state index contributed by atoms with van der Waals surface area (Å²) in [5.41, 5.74) is 2.12. The Balaban J connectivity index is 1.91. The molecule has 0 aliphatic heterocycles. The number of aromatic nitrogens is 2. The molecule has 0 unspecified atom stereocenters. The SMILES string of the molecule is Clc1ccc2ncc(CNC3CC3)n2c1. The zero-order valence-electron chi connectivity index (χ0n) is 8.28. The van der Waals surface area contributed by atoms with Crippen LogP contribution in [-0.4, -0.2) is 15.4 Å². The van der Waals surface area contributed by atoms with Gasteiger partial charge in [-0.25, -0.2) is 4.98 Å². The third kappa shape index (κ3) is 1.85.